The van der Waals surface area contributed by atoms with E-state index >= 15 is 0 Å². The van der Waals surface area contributed by atoms with E-state index in [1.165, 1.54) is 0 Å². The largest absolute Gasteiger partial charge is 0.366 e. The minimum absolute atomic E-state index is 0. The Hall–Kier alpha value is -1.17. The number of hydrogen-bond donors (Lipinski definition) is 3. The van der Waals surface area contributed by atoms with Crippen molar-refractivity contribution in [3.05, 3.63) is 0 Å². The Kier molecular flexibility index (Phi) is 2.09. The first-order valence-corrected chi connectivity index (χ1v) is 1.93. The van der Waals surface area contributed by atoms with Gasteiger partial charge in [0.15, 0.2) is 0 Å². The van der Waals surface area contributed by atoms with Crippen LogP contribution in [0.15, 0.2) is 0 Å². The maximum Gasteiger partial charge on any atom is 0.242 e. The molecule has 52 valence electrons. The summed E-state index contributed by atoms with van der Waals surface area (Å²) in [4.78, 5) is 0. The normalized spacial score (nSPS) is 8.44. The van der Waals surface area contributed by atoms with Gasteiger partial charge in [-0.15, -0.1) is 22.6 Å². The van der Waals surface area contributed by atoms with Gasteiger partial charge in [0.05, 0.1) is 0 Å². The number of rotatable bonds is 0. The van der Waals surface area contributed by atoms with E-state index in [9.17, 15) is 0 Å². The van der Waals surface area contributed by atoms with Crippen LogP contribution in [0.5, 0.6) is 0 Å². The van der Waals surface area contributed by atoms with E-state index in [4.69, 9.17) is 17.3 Å². The number of hydrogen-bond acceptors (Lipinski definition) is 5. The lowest BCUT2D eigenvalue weighted by Crippen LogP contribution is -2.14. The first-order chi connectivity index (χ1) is 3.72. The maximum absolute atomic E-state index is 5.14. The molecule has 0 fully saturated rings. The first kappa shape index (κ1) is 7.83. The minimum Gasteiger partial charge on any atom is -0.366 e. The van der Waals surface area contributed by atoms with Gasteiger partial charge in [0.1, 0.15) is 0 Å². The van der Waals surface area contributed by atoms with Crippen LogP contribution in [0.4, 0.5) is 11.9 Å². The van der Waals surface area contributed by atoms with Crippen molar-refractivity contribution in [3.63, 3.8) is 0 Å². The molecule has 0 radical (unpaired) electrons. The molecule has 0 saturated carbocycles. The van der Waals surface area contributed by atoms with E-state index in [0.29, 0.717) is 0 Å². The minimum atomic E-state index is 0. The highest BCUT2D eigenvalue weighted by molar-refractivity contribution is 5.85. The Morgan fingerprint density at radius 1 is 1.11 bits per heavy atom. The van der Waals surface area contributed by atoms with Crippen LogP contribution in [0, 0.1) is 0 Å². The molecule has 9 heavy (non-hydrogen) atoms. The molecule has 0 unspecified atom stereocenters. The molecule has 0 aliphatic carbocycles. The highest BCUT2D eigenvalue weighted by atomic mass is 35.5. The van der Waals surface area contributed by atoms with Crippen molar-refractivity contribution >= 4 is 24.3 Å². The van der Waals surface area contributed by atoms with Crippen molar-refractivity contribution < 1.29 is 0 Å². The standard InChI is InChI=1S/C2H6N6.ClH/c3-1-6-7-2(4)8(1)5;/h5H2,(H2,3,6)(H2,4,7);1H. The van der Waals surface area contributed by atoms with Crippen molar-refractivity contribution in [2.24, 2.45) is 0 Å². The molecule has 0 amide bonds. The summed E-state index contributed by atoms with van der Waals surface area (Å²) >= 11 is 0. The molecule has 7 heteroatoms. The molecule has 6 N–H and O–H groups in total. The second-order valence-electron chi connectivity index (χ2n) is 1.29. The third-order valence-corrected chi connectivity index (χ3v) is 0.749. The maximum atomic E-state index is 5.14. The Morgan fingerprint density at radius 2 is 1.44 bits per heavy atom. The summed E-state index contributed by atoms with van der Waals surface area (Å²) in [5.74, 6) is 5.37. The fraction of sp³-hybridized carbons (Fsp3) is 0. The molecule has 1 heterocycles. The lowest BCUT2D eigenvalue weighted by atomic mass is 11.0. The molecule has 1 rings (SSSR count). The van der Waals surface area contributed by atoms with E-state index in [1.54, 1.807) is 0 Å². The van der Waals surface area contributed by atoms with Crippen LogP contribution in [0.2, 0.25) is 0 Å². The monoisotopic (exact) mass is 150 g/mol. The molecule has 1 aromatic heterocycles. The molecule has 0 bridgehead atoms. The second kappa shape index (κ2) is 2.40. The van der Waals surface area contributed by atoms with E-state index in [-0.39, 0.29) is 24.3 Å². The van der Waals surface area contributed by atoms with Crippen LogP contribution in [0.1, 0.15) is 0 Å². The van der Waals surface area contributed by atoms with Crippen LogP contribution in [-0.2, 0) is 0 Å². The van der Waals surface area contributed by atoms with Gasteiger partial charge >= 0.3 is 0 Å². The third kappa shape index (κ3) is 1.14. The molecule has 6 nitrogen and oxygen atoms in total. The van der Waals surface area contributed by atoms with Gasteiger partial charge in [-0.2, -0.15) is 4.68 Å². The zero-order chi connectivity index (χ0) is 6.15. The van der Waals surface area contributed by atoms with Crippen LogP contribution in [0.25, 0.3) is 0 Å². The van der Waals surface area contributed by atoms with Gasteiger partial charge < -0.3 is 17.3 Å². The lowest BCUT2D eigenvalue weighted by Gasteiger charge is -1.90. The van der Waals surface area contributed by atoms with Crippen molar-refractivity contribution in [1.82, 2.24) is 14.9 Å². The SMILES string of the molecule is Cl.Nc1nnc(N)n1N. The van der Waals surface area contributed by atoms with Gasteiger partial charge in [0.25, 0.3) is 0 Å². The summed E-state index contributed by atoms with van der Waals surface area (Å²) in [7, 11) is 0. The molecule has 0 aromatic carbocycles. The predicted octanol–water partition coefficient (Wildman–Crippen LogP) is -1.42. The van der Waals surface area contributed by atoms with E-state index < -0.39 is 0 Å². The van der Waals surface area contributed by atoms with Gasteiger partial charge in [-0.3, -0.25) is 0 Å². The zero-order valence-corrected chi connectivity index (χ0v) is 5.30. The molecule has 1 aromatic rings. The summed E-state index contributed by atoms with van der Waals surface area (Å²) < 4.78 is 1.00. The van der Waals surface area contributed by atoms with Crippen molar-refractivity contribution in [3.8, 4) is 0 Å². The number of nitrogens with zero attached hydrogens (tertiary/aromatic N) is 3. The van der Waals surface area contributed by atoms with Crippen molar-refractivity contribution in [2.75, 3.05) is 17.3 Å². The Bertz CT molecular complexity index is 173. The summed E-state index contributed by atoms with van der Waals surface area (Å²) in [6, 6.07) is 0. The molecule has 0 aliphatic heterocycles. The van der Waals surface area contributed by atoms with E-state index in [2.05, 4.69) is 10.2 Å². The van der Waals surface area contributed by atoms with Crippen LogP contribution >= 0.6 is 12.4 Å². The first-order valence-electron chi connectivity index (χ1n) is 1.93. The van der Waals surface area contributed by atoms with Gasteiger partial charge in [0.2, 0.25) is 11.9 Å². The smallest absolute Gasteiger partial charge is 0.242 e. The van der Waals surface area contributed by atoms with Crippen LogP contribution < -0.4 is 17.3 Å². The molecule has 0 spiro atoms. The highest BCUT2D eigenvalue weighted by Gasteiger charge is 1.97. The number of aromatic nitrogens is 3. The second-order valence-corrected chi connectivity index (χ2v) is 1.29. The third-order valence-electron chi connectivity index (χ3n) is 0.749. The molecular formula is C2H7ClN6. The quantitative estimate of drug-likeness (QED) is 0.393. The Balaban J connectivity index is 0.000000640. The van der Waals surface area contributed by atoms with Crippen molar-refractivity contribution in [1.29, 1.82) is 0 Å². The summed E-state index contributed by atoms with van der Waals surface area (Å²) in [5, 5.41) is 6.71. The molecule has 0 atom stereocenters. The van der Waals surface area contributed by atoms with E-state index in [0.717, 1.165) is 4.68 Å². The van der Waals surface area contributed by atoms with Crippen LogP contribution in [-0.4, -0.2) is 14.9 Å². The van der Waals surface area contributed by atoms with Gasteiger partial charge in [-0.05, 0) is 0 Å². The topological polar surface area (TPSA) is 109 Å². The van der Waals surface area contributed by atoms with Crippen molar-refractivity contribution in [2.45, 2.75) is 0 Å². The molecular weight excluding hydrogens is 144 g/mol. The van der Waals surface area contributed by atoms with Crippen LogP contribution in [0.3, 0.4) is 0 Å². The van der Waals surface area contributed by atoms with Gasteiger partial charge in [0, 0.05) is 0 Å². The summed E-state index contributed by atoms with van der Waals surface area (Å²) in [6.45, 7) is 0. The number of nitrogen functional groups attached to an aromatic ring is 3. The molecule has 0 aliphatic rings. The zero-order valence-electron chi connectivity index (χ0n) is 4.48. The summed E-state index contributed by atoms with van der Waals surface area (Å²) in [5.41, 5.74) is 10.2. The highest BCUT2D eigenvalue weighted by Crippen LogP contribution is 1.95. The Labute approximate surface area is 57.4 Å². The fourth-order valence-corrected chi connectivity index (χ4v) is 0.316. The fourth-order valence-electron chi connectivity index (χ4n) is 0.316. The average molecular weight is 151 g/mol. The molecule has 0 saturated heterocycles. The number of anilines is 2. The Morgan fingerprint density at radius 3 is 1.56 bits per heavy atom. The number of nitrogens with two attached hydrogens (primary N) is 3. The lowest BCUT2D eigenvalue weighted by molar-refractivity contribution is 1.03. The number of halogens is 1. The van der Waals surface area contributed by atoms with Gasteiger partial charge in [-0.25, -0.2) is 0 Å². The predicted molar refractivity (Wildman–Crippen MR) is 36.2 cm³/mol. The summed E-state index contributed by atoms with van der Waals surface area (Å²) in [6.07, 6.45) is 0. The average Bonchev–Trinajstić information content (AvgIpc) is 1.98. The van der Waals surface area contributed by atoms with E-state index in [1.807, 2.05) is 0 Å². The van der Waals surface area contributed by atoms with Gasteiger partial charge in [-0.1, -0.05) is 0 Å².